The van der Waals surface area contributed by atoms with Crippen LogP contribution >= 0.6 is 11.6 Å². The van der Waals surface area contributed by atoms with Crippen LogP contribution in [-0.2, 0) is 11.2 Å². The van der Waals surface area contributed by atoms with Crippen molar-refractivity contribution < 1.29 is 14.7 Å². The van der Waals surface area contributed by atoms with E-state index in [1.165, 1.54) is 6.07 Å². The fourth-order valence-corrected chi connectivity index (χ4v) is 2.15. The second-order valence-electron chi connectivity index (χ2n) is 4.65. The molecule has 2 aromatic carbocycles. The molecule has 0 aliphatic carbocycles. The van der Waals surface area contributed by atoms with Gasteiger partial charge in [-0.3, -0.25) is 4.79 Å². The Labute approximate surface area is 127 Å². The number of hydrogen-bond donors (Lipinski definition) is 2. The number of hydrogen-bond acceptors (Lipinski definition) is 2. The van der Waals surface area contributed by atoms with Gasteiger partial charge in [-0.15, -0.1) is 0 Å². The second kappa shape index (κ2) is 6.41. The van der Waals surface area contributed by atoms with E-state index in [9.17, 15) is 9.59 Å². The van der Waals surface area contributed by atoms with Gasteiger partial charge in [0.1, 0.15) is 0 Å². The third kappa shape index (κ3) is 3.83. The number of aromatic carboxylic acids is 1. The summed E-state index contributed by atoms with van der Waals surface area (Å²) >= 11 is 6.00. The van der Waals surface area contributed by atoms with Crippen molar-refractivity contribution in [1.82, 2.24) is 0 Å². The van der Waals surface area contributed by atoms with E-state index >= 15 is 0 Å². The Bertz CT molecular complexity index is 698. The molecule has 2 rings (SSSR count). The van der Waals surface area contributed by atoms with Gasteiger partial charge in [0.15, 0.2) is 0 Å². The smallest absolute Gasteiger partial charge is 0.336 e. The lowest BCUT2D eigenvalue weighted by Gasteiger charge is -2.08. The predicted octanol–water partition coefficient (Wildman–Crippen LogP) is 3.53. The van der Waals surface area contributed by atoms with Crippen LogP contribution in [0.1, 0.15) is 21.5 Å². The minimum absolute atomic E-state index is 0.135. The van der Waals surface area contributed by atoms with Gasteiger partial charge in [-0.25, -0.2) is 4.79 Å². The largest absolute Gasteiger partial charge is 0.478 e. The molecule has 1 amide bonds. The van der Waals surface area contributed by atoms with Crippen molar-refractivity contribution in [1.29, 1.82) is 0 Å². The van der Waals surface area contributed by atoms with Crippen molar-refractivity contribution >= 4 is 29.2 Å². The van der Waals surface area contributed by atoms with E-state index in [1.807, 2.05) is 6.07 Å². The summed E-state index contributed by atoms with van der Waals surface area (Å²) in [5.41, 5.74) is 1.99. The molecule has 0 aliphatic heterocycles. The Morgan fingerprint density at radius 3 is 2.57 bits per heavy atom. The number of rotatable bonds is 4. The zero-order chi connectivity index (χ0) is 15.4. The highest BCUT2D eigenvalue weighted by Crippen LogP contribution is 2.18. The van der Waals surface area contributed by atoms with Gasteiger partial charge in [0.05, 0.1) is 12.0 Å². The highest BCUT2D eigenvalue weighted by atomic mass is 35.5. The second-order valence-corrected chi connectivity index (χ2v) is 5.06. The van der Waals surface area contributed by atoms with Crippen LogP contribution in [0.4, 0.5) is 5.69 Å². The average Bonchev–Trinajstić information content (AvgIpc) is 2.43. The maximum Gasteiger partial charge on any atom is 0.336 e. The third-order valence-electron chi connectivity index (χ3n) is 3.06. The predicted molar refractivity (Wildman–Crippen MR) is 81.9 cm³/mol. The molecular weight excluding hydrogens is 290 g/mol. The van der Waals surface area contributed by atoms with Crippen molar-refractivity contribution in [2.45, 2.75) is 13.3 Å². The summed E-state index contributed by atoms with van der Waals surface area (Å²) in [6, 6.07) is 11.9. The first kappa shape index (κ1) is 15.1. The number of nitrogens with one attached hydrogen (secondary N) is 1. The molecule has 21 heavy (non-hydrogen) atoms. The Kier molecular flexibility index (Phi) is 4.60. The molecule has 0 atom stereocenters. The number of halogens is 1. The van der Waals surface area contributed by atoms with Crippen LogP contribution in [0.25, 0.3) is 0 Å². The van der Waals surface area contributed by atoms with Crippen LogP contribution < -0.4 is 5.32 Å². The van der Waals surface area contributed by atoms with Crippen molar-refractivity contribution in [2.24, 2.45) is 0 Å². The van der Waals surface area contributed by atoms with Crippen molar-refractivity contribution in [3.05, 3.63) is 64.2 Å². The van der Waals surface area contributed by atoms with Crippen molar-refractivity contribution in [2.75, 3.05) is 5.32 Å². The first-order valence-corrected chi connectivity index (χ1v) is 6.72. The topological polar surface area (TPSA) is 66.4 Å². The van der Waals surface area contributed by atoms with Crippen LogP contribution in [0.2, 0.25) is 5.02 Å². The molecule has 4 nitrogen and oxygen atoms in total. The summed E-state index contributed by atoms with van der Waals surface area (Å²) in [5, 5.41) is 12.3. The van der Waals surface area contributed by atoms with Gasteiger partial charge in [-0.2, -0.15) is 0 Å². The van der Waals surface area contributed by atoms with Gasteiger partial charge in [0, 0.05) is 10.7 Å². The Balaban J connectivity index is 2.12. The van der Waals surface area contributed by atoms with E-state index in [1.54, 1.807) is 37.3 Å². The first-order chi connectivity index (χ1) is 9.97. The fourth-order valence-electron chi connectivity index (χ4n) is 1.95. The molecule has 108 valence electrons. The summed E-state index contributed by atoms with van der Waals surface area (Å²) < 4.78 is 0. The lowest BCUT2D eigenvalue weighted by molar-refractivity contribution is -0.115. The number of anilines is 1. The molecule has 0 fully saturated rings. The average molecular weight is 304 g/mol. The zero-order valence-electron chi connectivity index (χ0n) is 11.4. The molecule has 0 spiro atoms. The molecule has 5 heteroatoms. The normalized spacial score (nSPS) is 10.2. The standard InChI is InChI=1S/C16H14ClNO3/c1-10-6-7-12(9-13(10)16(20)21)18-15(19)8-11-4-2-3-5-14(11)17/h2-7,9H,8H2,1H3,(H,18,19)(H,20,21). The quantitative estimate of drug-likeness (QED) is 0.908. The van der Waals surface area contributed by atoms with E-state index in [0.717, 1.165) is 5.56 Å². The highest BCUT2D eigenvalue weighted by Gasteiger charge is 2.11. The van der Waals surface area contributed by atoms with Gasteiger partial charge in [-0.1, -0.05) is 35.9 Å². The molecule has 2 N–H and O–H groups in total. The van der Waals surface area contributed by atoms with Crippen LogP contribution in [0.3, 0.4) is 0 Å². The van der Waals surface area contributed by atoms with E-state index in [2.05, 4.69) is 5.32 Å². The van der Waals surface area contributed by atoms with Crippen molar-refractivity contribution in [3.8, 4) is 0 Å². The molecule has 0 radical (unpaired) electrons. The SMILES string of the molecule is Cc1ccc(NC(=O)Cc2ccccc2Cl)cc1C(=O)O. The van der Waals surface area contributed by atoms with Crippen LogP contribution in [0.15, 0.2) is 42.5 Å². The number of aryl methyl sites for hydroxylation is 1. The first-order valence-electron chi connectivity index (χ1n) is 6.34. The Morgan fingerprint density at radius 1 is 1.19 bits per heavy atom. The number of benzene rings is 2. The van der Waals surface area contributed by atoms with Gasteiger partial charge < -0.3 is 10.4 Å². The minimum atomic E-state index is -1.02. The van der Waals surface area contributed by atoms with Crippen LogP contribution in [0.5, 0.6) is 0 Å². The van der Waals surface area contributed by atoms with E-state index < -0.39 is 5.97 Å². The molecule has 2 aromatic rings. The van der Waals surface area contributed by atoms with Gasteiger partial charge in [0.2, 0.25) is 5.91 Å². The van der Waals surface area contributed by atoms with Crippen molar-refractivity contribution in [3.63, 3.8) is 0 Å². The number of carboxylic acids is 1. The minimum Gasteiger partial charge on any atom is -0.478 e. The Hall–Kier alpha value is -2.33. The number of carbonyl (C=O) groups excluding carboxylic acids is 1. The van der Waals surface area contributed by atoms with Gasteiger partial charge in [-0.05, 0) is 36.2 Å². The number of amides is 1. The lowest BCUT2D eigenvalue weighted by atomic mass is 10.1. The maximum absolute atomic E-state index is 12.0. The zero-order valence-corrected chi connectivity index (χ0v) is 12.1. The number of carbonyl (C=O) groups is 2. The fraction of sp³-hybridized carbons (Fsp3) is 0.125. The van der Waals surface area contributed by atoms with E-state index in [4.69, 9.17) is 16.7 Å². The summed E-state index contributed by atoms with van der Waals surface area (Å²) in [6.07, 6.45) is 0.135. The monoisotopic (exact) mass is 303 g/mol. The van der Waals surface area contributed by atoms with Gasteiger partial charge in [0.25, 0.3) is 0 Å². The van der Waals surface area contributed by atoms with Crippen LogP contribution in [-0.4, -0.2) is 17.0 Å². The summed E-state index contributed by atoms with van der Waals surface area (Å²) in [6.45, 7) is 1.71. The summed E-state index contributed by atoms with van der Waals surface area (Å²) in [5.74, 6) is -1.27. The molecule has 0 saturated carbocycles. The van der Waals surface area contributed by atoms with Gasteiger partial charge >= 0.3 is 5.97 Å². The summed E-state index contributed by atoms with van der Waals surface area (Å²) in [7, 11) is 0. The lowest BCUT2D eigenvalue weighted by Crippen LogP contribution is -2.15. The molecule has 0 heterocycles. The molecular formula is C16H14ClNO3. The molecule has 0 saturated heterocycles. The highest BCUT2D eigenvalue weighted by molar-refractivity contribution is 6.31. The molecule has 0 aliphatic rings. The van der Waals surface area contributed by atoms with Crippen LogP contribution in [0, 0.1) is 6.92 Å². The number of carboxylic acid groups (broad SMARTS) is 1. The molecule has 0 unspecified atom stereocenters. The van der Waals surface area contributed by atoms with E-state index in [-0.39, 0.29) is 17.9 Å². The van der Waals surface area contributed by atoms with E-state index in [0.29, 0.717) is 16.3 Å². The maximum atomic E-state index is 12.0. The molecule has 0 bridgehead atoms. The third-order valence-corrected chi connectivity index (χ3v) is 3.43. The Morgan fingerprint density at radius 2 is 1.90 bits per heavy atom. The summed E-state index contributed by atoms with van der Waals surface area (Å²) in [4.78, 5) is 23.0. The molecule has 0 aromatic heterocycles.